The molecule has 0 radical (unpaired) electrons. The van der Waals surface area contributed by atoms with E-state index in [9.17, 15) is 9.59 Å². The molecule has 2 saturated heterocycles. The largest absolute Gasteiger partial charge is 0.343 e. The number of hydrogen-bond acceptors (Lipinski definition) is 2. The van der Waals surface area contributed by atoms with Gasteiger partial charge >= 0.3 is 0 Å². The van der Waals surface area contributed by atoms with Gasteiger partial charge in [0.1, 0.15) is 0 Å². The maximum atomic E-state index is 12.0. The standard InChI is InChI=1S/C15H24N2O2/c1-2-13-8-11-17(12-13)15(19)7-5-10-16-9-4-3-6-14(16)18/h2,13H,1,3-12H2. The number of carbonyl (C=O) groups is 2. The quantitative estimate of drug-likeness (QED) is 0.711. The fourth-order valence-corrected chi connectivity index (χ4v) is 2.88. The minimum atomic E-state index is 0.230. The van der Waals surface area contributed by atoms with Gasteiger partial charge < -0.3 is 9.80 Å². The van der Waals surface area contributed by atoms with E-state index in [1.54, 1.807) is 0 Å². The van der Waals surface area contributed by atoms with Gasteiger partial charge in [-0.15, -0.1) is 6.58 Å². The van der Waals surface area contributed by atoms with Crippen LogP contribution in [0.5, 0.6) is 0 Å². The van der Waals surface area contributed by atoms with Crippen LogP contribution in [-0.2, 0) is 9.59 Å². The Bertz CT molecular complexity index is 354. The summed E-state index contributed by atoms with van der Waals surface area (Å²) in [6.45, 7) is 7.08. The van der Waals surface area contributed by atoms with Crippen molar-refractivity contribution in [2.75, 3.05) is 26.2 Å². The van der Waals surface area contributed by atoms with Gasteiger partial charge in [-0.3, -0.25) is 9.59 Å². The summed E-state index contributed by atoms with van der Waals surface area (Å²) in [4.78, 5) is 27.5. The van der Waals surface area contributed by atoms with Crippen LogP contribution in [0.15, 0.2) is 12.7 Å². The Kier molecular flexibility index (Phi) is 5.00. The number of hydrogen-bond donors (Lipinski definition) is 0. The first-order valence-corrected chi connectivity index (χ1v) is 7.39. The Balaban J connectivity index is 1.66. The molecular formula is C15H24N2O2. The third kappa shape index (κ3) is 3.82. The Morgan fingerprint density at radius 3 is 2.89 bits per heavy atom. The summed E-state index contributed by atoms with van der Waals surface area (Å²) in [6, 6.07) is 0. The van der Waals surface area contributed by atoms with E-state index in [1.165, 1.54) is 0 Å². The molecule has 2 rings (SSSR count). The van der Waals surface area contributed by atoms with Gasteiger partial charge in [0.25, 0.3) is 0 Å². The monoisotopic (exact) mass is 264 g/mol. The number of nitrogens with zero attached hydrogens (tertiary/aromatic N) is 2. The summed E-state index contributed by atoms with van der Waals surface area (Å²) in [5, 5.41) is 0. The van der Waals surface area contributed by atoms with Crippen molar-refractivity contribution in [2.24, 2.45) is 5.92 Å². The number of rotatable bonds is 5. The van der Waals surface area contributed by atoms with E-state index in [1.807, 2.05) is 15.9 Å². The van der Waals surface area contributed by atoms with Gasteiger partial charge in [-0.05, 0) is 31.6 Å². The summed E-state index contributed by atoms with van der Waals surface area (Å²) in [7, 11) is 0. The van der Waals surface area contributed by atoms with Crippen LogP contribution in [0, 0.1) is 5.92 Å². The minimum absolute atomic E-state index is 0.230. The van der Waals surface area contributed by atoms with Gasteiger partial charge in [0, 0.05) is 39.0 Å². The van der Waals surface area contributed by atoms with Crippen LogP contribution in [-0.4, -0.2) is 47.8 Å². The van der Waals surface area contributed by atoms with E-state index in [2.05, 4.69) is 6.58 Å². The normalized spacial score (nSPS) is 23.8. The lowest BCUT2D eigenvalue weighted by Crippen LogP contribution is -2.36. The van der Waals surface area contributed by atoms with Crippen LogP contribution in [0.4, 0.5) is 0 Å². The second-order valence-corrected chi connectivity index (χ2v) is 5.57. The average molecular weight is 264 g/mol. The minimum Gasteiger partial charge on any atom is -0.343 e. The van der Waals surface area contributed by atoms with Gasteiger partial charge in [0.15, 0.2) is 0 Å². The molecule has 4 heteroatoms. The smallest absolute Gasteiger partial charge is 0.222 e. The zero-order valence-corrected chi connectivity index (χ0v) is 11.6. The van der Waals surface area contributed by atoms with Crippen LogP contribution in [0.1, 0.15) is 38.5 Å². The van der Waals surface area contributed by atoms with E-state index in [-0.39, 0.29) is 11.8 Å². The average Bonchev–Trinajstić information content (AvgIpc) is 2.90. The Labute approximate surface area is 115 Å². The molecule has 106 valence electrons. The molecule has 0 aromatic rings. The molecule has 0 spiro atoms. The third-order valence-corrected chi connectivity index (χ3v) is 4.15. The Hall–Kier alpha value is -1.32. The molecule has 2 amide bonds. The fraction of sp³-hybridized carbons (Fsp3) is 0.733. The molecule has 19 heavy (non-hydrogen) atoms. The third-order valence-electron chi connectivity index (χ3n) is 4.15. The fourth-order valence-electron chi connectivity index (χ4n) is 2.88. The molecule has 2 fully saturated rings. The first kappa shape index (κ1) is 14.1. The number of likely N-dealkylation sites (tertiary alicyclic amines) is 2. The number of amides is 2. The van der Waals surface area contributed by atoms with Gasteiger partial charge in [0.2, 0.25) is 11.8 Å². The molecule has 4 nitrogen and oxygen atoms in total. The first-order chi connectivity index (χ1) is 9.20. The maximum Gasteiger partial charge on any atom is 0.222 e. The van der Waals surface area contributed by atoms with Crippen molar-refractivity contribution in [3.05, 3.63) is 12.7 Å². The van der Waals surface area contributed by atoms with E-state index < -0.39 is 0 Å². The van der Waals surface area contributed by atoms with Gasteiger partial charge in [-0.25, -0.2) is 0 Å². The van der Waals surface area contributed by atoms with Crippen LogP contribution < -0.4 is 0 Å². The zero-order chi connectivity index (χ0) is 13.7. The summed E-state index contributed by atoms with van der Waals surface area (Å²) < 4.78 is 0. The van der Waals surface area contributed by atoms with E-state index in [0.717, 1.165) is 51.9 Å². The molecule has 0 saturated carbocycles. The lowest BCUT2D eigenvalue weighted by Gasteiger charge is -2.26. The molecule has 1 atom stereocenters. The predicted octanol–water partition coefficient (Wildman–Crippen LogP) is 1.81. The molecule has 2 aliphatic heterocycles. The van der Waals surface area contributed by atoms with E-state index in [0.29, 0.717) is 18.8 Å². The van der Waals surface area contributed by atoms with Crippen molar-refractivity contribution in [3.8, 4) is 0 Å². The molecule has 0 aromatic heterocycles. The summed E-state index contributed by atoms with van der Waals surface area (Å²) in [5.74, 6) is 0.952. The van der Waals surface area contributed by atoms with Crippen molar-refractivity contribution in [1.82, 2.24) is 9.80 Å². The van der Waals surface area contributed by atoms with Crippen LogP contribution in [0.25, 0.3) is 0 Å². The number of carbonyl (C=O) groups excluding carboxylic acids is 2. The van der Waals surface area contributed by atoms with Gasteiger partial charge in [0.05, 0.1) is 0 Å². The SMILES string of the molecule is C=CC1CCN(C(=O)CCCN2CCCCC2=O)C1. The maximum absolute atomic E-state index is 12.0. The molecule has 2 aliphatic rings. The molecule has 0 aromatic carbocycles. The van der Waals surface area contributed by atoms with E-state index in [4.69, 9.17) is 0 Å². The lowest BCUT2D eigenvalue weighted by molar-refractivity contribution is -0.134. The summed E-state index contributed by atoms with van der Waals surface area (Å²) in [6.07, 6.45) is 7.14. The highest BCUT2D eigenvalue weighted by Crippen LogP contribution is 2.18. The van der Waals surface area contributed by atoms with Crippen molar-refractivity contribution in [2.45, 2.75) is 38.5 Å². The Morgan fingerprint density at radius 2 is 2.21 bits per heavy atom. The highest BCUT2D eigenvalue weighted by atomic mass is 16.2. The number of piperidine rings is 1. The van der Waals surface area contributed by atoms with Crippen molar-refractivity contribution >= 4 is 11.8 Å². The summed E-state index contributed by atoms with van der Waals surface area (Å²) in [5.41, 5.74) is 0. The molecule has 2 heterocycles. The topological polar surface area (TPSA) is 40.6 Å². The van der Waals surface area contributed by atoms with Gasteiger partial charge in [-0.1, -0.05) is 6.08 Å². The van der Waals surface area contributed by atoms with Crippen molar-refractivity contribution in [1.29, 1.82) is 0 Å². The predicted molar refractivity (Wildman–Crippen MR) is 74.5 cm³/mol. The van der Waals surface area contributed by atoms with Crippen LogP contribution in [0.2, 0.25) is 0 Å². The van der Waals surface area contributed by atoms with Crippen LogP contribution in [0.3, 0.4) is 0 Å². The van der Waals surface area contributed by atoms with Gasteiger partial charge in [-0.2, -0.15) is 0 Å². The van der Waals surface area contributed by atoms with Crippen molar-refractivity contribution in [3.63, 3.8) is 0 Å². The van der Waals surface area contributed by atoms with E-state index >= 15 is 0 Å². The lowest BCUT2D eigenvalue weighted by atomic mass is 10.1. The van der Waals surface area contributed by atoms with Crippen molar-refractivity contribution < 1.29 is 9.59 Å². The zero-order valence-electron chi connectivity index (χ0n) is 11.6. The molecule has 0 bridgehead atoms. The second kappa shape index (κ2) is 6.73. The second-order valence-electron chi connectivity index (χ2n) is 5.57. The molecule has 0 aliphatic carbocycles. The summed E-state index contributed by atoms with van der Waals surface area (Å²) >= 11 is 0. The molecular weight excluding hydrogens is 240 g/mol. The molecule has 1 unspecified atom stereocenters. The van der Waals surface area contributed by atoms with Crippen LogP contribution >= 0.6 is 0 Å². The Morgan fingerprint density at radius 1 is 1.37 bits per heavy atom. The highest BCUT2D eigenvalue weighted by Gasteiger charge is 2.24. The molecule has 0 N–H and O–H groups in total. The first-order valence-electron chi connectivity index (χ1n) is 7.39. The highest BCUT2D eigenvalue weighted by molar-refractivity contribution is 5.77.